The molecule has 0 atom stereocenters. The smallest absolute Gasteiger partial charge is 0.422 e. The van der Waals surface area contributed by atoms with Crippen LogP contribution in [0.2, 0.25) is 5.02 Å². The van der Waals surface area contributed by atoms with Crippen molar-refractivity contribution in [2.24, 2.45) is 0 Å². The van der Waals surface area contributed by atoms with Crippen LogP contribution in [-0.2, 0) is 10.0 Å². The molecule has 0 fully saturated rings. The second-order valence-corrected chi connectivity index (χ2v) is 7.60. The van der Waals surface area contributed by atoms with Crippen LogP contribution in [0.3, 0.4) is 0 Å². The van der Waals surface area contributed by atoms with Crippen LogP contribution in [0.4, 0.5) is 32.0 Å². The van der Waals surface area contributed by atoms with Crippen molar-refractivity contribution < 1.29 is 49.0 Å². The Morgan fingerprint density at radius 3 is 1.94 bits per heavy atom. The van der Waals surface area contributed by atoms with Gasteiger partial charge in [0.1, 0.15) is 12.1 Å². The van der Waals surface area contributed by atoms with E-state index in [4.69, 9.17) is 16.3 Å². The van der Waals surface area contributed by atoms with Gasteiger partial charge in [0.05, 0.1) is 17.8 Å². The summed E-state index contributed by atoms with van der Waals surface area (Å²) < 4.78 is 116. The van der Waals surface area contributed by atoms with E-state index in [2.05, 4.69) is 19.4 Å². The van der Waals surface area contributed by atoms with Crippen LogP contribution in [0, 0.1) is 0 Å². The lowest BCUT2D eigenvalue weighted by Gasteiger charge is -2.17. The van der Waals surface area contributed by atoms with Gasteiger partial charge in [0.25, 0.3) is 10.0 Å². The zero-order chi connectivity index (χ0) is 23.4. The van der Waals surface area contributed by atoms with Gasteiger partial charge in [0.2, 0.25) is 16.7 Å². The number of benzene rings is 1. The monoisotopic (exact) mass is 495 g/mol. The molecule has 31 heavy (non-hydrogen) atoms. The van der Waals surface area contributed by atoms with E-state index in [1.54, 1.807) is 0 Å². The molecular weight excluding hydrogens is 484 g/mol. The quantitative estimate of drug-likeness (QED) is 0.556. The van der Waals surface area contributed by atoms with Gasteiger partial charge in [0, 0.05) is 0 Å². The number of halogens is 7. The molecule has 16 heteroatoms. The van der Waals surface area contributed by atoms with Gasteiger partial charge in [-0.05, 0) is 18.2 Å². The normalized spacial score (nSPS) is 12.4. The number of ether oxygens (including phenoxy) is 3. The summed E-state index contributed by atoms with van der Waals surface area (Å²) in [6, 6.07) is 3.54. The summed E-state index contributed by atoms with van der Waals surface area (Å²) in [6.45, 7) is -3.95. The third-order valence-corrected chi connectivity index (χ3v) is 4.84. The van der Waals surface area contributed by atoms with E-state index in [0.29, 0.717) is 6.33 Å². The van der Waals surface area contributed by atoms with E-state index in [-0.39, 0.29) is 16.5 Å². The molecule has 0 aliphatic carbocycles. The van der Waals surface area contributed by atoms with Crippen LogP contribution in [0.15, 0.2) is 29.4 Å². The standard InChI is InChI=1S/C15H12ClF6N3O5S/c1-28-10-3-2-8(4-9(10)16)25-31(26,27)11-12(29-5-14(17,18)19)23-7-24-13(11)30-6-15(20,21)22/h2-4,7,25H,5-6H2,1H3. The summed E-state index contributed by atoms with van der Waals surface area (Å²) in [5.41, 5.74) is -0.196. The lowest BCUT2D eigenvalue weighted by atomic mass is 10.3. The highest BCUT2D eigenvalue weighted by Gasteiger charge is 2.35. The average Bonchev–Trinajstić information content (AvgIpc) is 2.63. The van der Waals surface area contributed by atoms with E-state index in [9.17, 15) is 34.8 Å². The summed E-state index contributed by atoms with van der Waals surface area (Å²) in [6.07, 6.45) is -9.30. The minimum Gasteiger partial charge on any atom is -0.495 e. The Hall–Kier alpha value is -2.68. The van der Waals surface area contributed by atoms with Crippen LogP contribution in [-0.4, -0.2) is 51.1 Å². The molecule has 0 amide bonds. The molecule has 0 bridgehead atoms. The number of anilines is 1. The van der Waals surface area contributed by atoms with Crippen LogP contribution >= 0.6 is 11.6 Å². The number of rotatable bonds is 8. The molecule has 1 N–H and O–H groups in total. The minimum absolute atomic E-state index is 0.0332. The maximum Gasteiger partial charge on any atom is 0.422 e. The molecule has 2 aromatic rings. The topological polar surface area (TPSA) is 99.6 Å². The number of hydrogen-bond donors (Lipinski definition) is 1. The Morgan fingerprint density at radius 1 is 1.00 bits per heavy atom. The van der Waals surface area contributed by atoms with Gasteiger partial charge in [-0.3, -0.25) is 4.72 Å². The largest absolute Gasteiger partial charge is 0.495 e. The number of nitrogens with zero attached hydrogens (tertiary/aromatic N) is 2. The third-order valence-electron chi connectivity index (χ3n) is 3.16. The molecule has 1 aromatic carbocycles. The summed E-state index contributed by atoms with van der Waals surface area (Å²) in [5.74, 6) is -2.16. The van der Waals surface area contributed by atoms with E-state index >= 15 is 0 Å². The molecule has 0 radical (unpaired) electrons. The van der Waals surface area contributed by atoms with Crippen molar-refractivity contribution in [3.05, 3.63) is 29.5 Å². The van der Waals surface area contributed by atoms with Crippen molar-refractivity contribution in [3.8, 4) is 17.5 Å². The second-order valence-electron chi connectivity index (χ2n) is 5.58. The molecular formula is C15H12ClF6N3O5S. The fourth-order valence-electron chi connectivity index (χ4n) is 2.01. The average molecular weight is 496 g/mol. The lowest BCUT2D eigenvalue weighted by Crippen LogP contribution is -2.24. The Morgan fingerprint density at radius 2 is 1.52 bits per heavy atom. The highest BCUT2D eigenvalue weighted by molar-refractivity contribution is 7.93. The predicted octanol–water partition coefficient (Wildman–Crippen LogP) is 3.82. The minimum atomic E-state index is -4.91. The fraction of sp³-hybridized carbons (Fsp3) is 0.333. The highest BCUT2D eigenvalue weighted by Crippen LogP contribution is 2.34. The first-order chi connectivity index (χ1) is 14.2. The first-order valence-corrected chi connectivity index (χ1v) is 9.68. The summed E-state index contributed by atoms with van der Waals surface area (Å²) in [5, 5.41) is -0.0332. The third kappa shape index (κ3) is 7.20. The van der Waals surface area contributed by atoms with E-state index in [1.807, 2.05) is 4.72 Å². The second kappa shape index (κ2) is 9.21. The van der Waals surface area contributed by atoms with Crippen molar-refractivity contribution in [2.45, 2.75) is 17.2 Å². The van der Waals surface area contributed by atoms with Gasteiger partial charge in [-0.1, -0.05) is 11.6 Å². The van der Waals surface area contributed by atoms with Gasteiger partial charge in [-0.25, -0.2) is 18.4 Å². The Balaban J connectivity index is 2.48. The maximum atomic E-state index is 12.8. The van der Waals surface area contributed by atoms with Crippen molar-refractivity contribution >= 4 is 27.3 Å². The maximum absolute atomic E-state index is 12.8. The SMILES string of the molecule is COc1ccc(NS(=O)(=O)c2c(OCC(F)(F)F)ncnc2OCC(F)(F)F)cc1Cl. The van der Waals surface area contributed by atoms with Gasteiger partial charge in [-0.15, -0.1) is 0 Å². The fourth-order valence-corrected chi connectivity index (χ4v) is 3.49. The van der Waals surface area contributed by atoms with Crippen molar-refractivity contribution in [3.63, 3.8) is 0 Å². The van der Waals surface area contributed by atoms with E-state index in [0.717, 1.165) is 6.07 Å². The van der Waals surface area contributed by atoms with E-state index < -0.39 is 52.2 Å². The van der Waals surface area contributed by atoms with Gasteiger partial charge >= 0.3 is 12.4 Å². The van der Waals surface area contributed by atoms with Gasteiger partial charge in [-0.2, -0.15) is 26.3 Å². The molecule has 1 heterocycles. The summed E-state index contributed by atoms with van der Waals surface area (Å²) in [4.78, 5) is 5.29. The van der Waals surface area contributed by atoms with Gasteiger partial charge in [0.15, 0.2) is 13.2 Å². The summed E-state index contributed by atoms with van der Waals surface area (Å²) >= 11 is 5.88. The highest BCUT2D eigenvalue weighted by atomic mass is 35.5. The predicted molar refractivity (Wildman–Crippen MR) is 93.9 cm³/mol. The van der Waals surface area contributed by atoms with Crippen molar-refractivity contribution in [1.82, 2.24) is 9.97 Å². The molecule has 2 rings (SSSR count). The number of methoxy groups -OCH3 is 1. The molecule has 172 valence electrons. The van der Waals surface area contributed by atoms with Gasteiger partial charge < -0.3 is 14.2 Å². The molecule has 8 nitrogen and oxygen atoms in total. The van der Waals surface area contributed by atoms with Crippen LogP contribution in [0.1, 0.15) is 0 Å². The Kier molecular flexibility index (Phi) is 7.31. The zero-order valence-electron chi connectivity index (χ0n) is 15.2. The first kappa shape index (κ1) is 24.6. The first-order valence-electron chi connectivity index (χ1n) is 7.82. The molecule has 0 aliphatic rings. The number of nitrogens with one attached hydrogen (secondary N) is 1. The van der Waals surface area contributed by atoms with Crippen LogP contribution in [0.25, 0.3) is 0 Å². The molecule has 0 spiro atoms. The zero-order valence-corrected chi connectivity index (χ0v) is 16.8. The van der Waals surface area contributed by atoms with Crippen molar-refractivity contribution in [1.29, 1.82) is 0 Å². The number of aromatic nitrogens is 2. The molecule has 0 unspecified atom stereocenters. The van der Waals surface area contributed by atoms with Crippen LogP contribution < -0.4 is 18.9 Å². The van der Waals surface area contributed by atoms with Crippen molar-refractivity contribution in [2.75, 3.05) is 25.0 Å². The number of alkyl halides is 6. The van der Waals surface area contributed by atoms with Crippen LogP contribution in [0.5, 0.6) is 17.5 Å². The molecule has 0 saturated heterocycles. The lowest BCUT2D eigenvalue weighted by molar-refractivity contribution is -0.155. The Bertz CT molecular complexity index is 997. The molecule has 0 saturated carbocycles. The molecule has 1 aromatic heterocycles. The molecule has 0 aliphatic heterocycles. The number of hydrogen-bond acceptors (Lipinski definition) is 7. The Labute approximate surface area is 176 Å². The summed E-state index contributed by atoms with van der Waals surface area (Å²) in [7, 11) is -3.61. The number of sulfonamides is 1. The van der Waals surface area contributed by atoms with E-state index in [1.165, 1.54) is 19.2 Å².